The Labute approximate surface area is 334 Å². The van der Waals surface area contributed by atoms with E-state index >= 15 is 0 Å². The summed E-state index contributed by atoms with van der Waals surface area (Å²) in [6.07, 6.45) is 4.46. The molecule has 0 aromatic heterocycles. The molecular formula is C45H56Cl2Si2Zr-2. The molecule has 0 saturated heterocycles. The van der Waals surface area contributed by atoms with E-state index in [0.717, 1.165) is 37.1 Å². The SMILES string of the molecule is Cc1cc2c(cc1[Si](C)(C)C)-c1ccc(CC(C)C(C)[Si](C)(C)C)[c-]c1C2.[Cl-].[Cl-].[Zr+2]=[C](Cc1ccccc1)Cc1ccccc1.c1cc[cH-]c1. The molecule has 5 aromatic carbocycles. The standard InChI is InChI=1S/C25H37Si2.C15H14.C5H5.2ClH.Zr/c1-17(19(3)26(4,5)6)12-20-10-11-23-22(14-20)15-21-13-18(2)25(16-24(21)23)27(7,8)9;1-3-8-14(9-4-1)12-7-13-15-10-5-2-6-11-15;1-2-4-5-3-1;;;/h10-11,13,16-17,19H,12,15H2,1-9H3;1-6,8-11H,12-13H2;1-5H;2*1H;/q-1;;-1;;;+2/p-2. The average Bonchev–Trinajstić information content (AvgIpc) is 3.72. The fraction of sp³-hybridized carbons (Fsp3) is 0.333. The Morgan fingerprint density at radius 2 is 1.28 bits per heavy atom. The molecule has 5 heteroatoms. The fourth-order valence-corrected chi connectivity index (χ4v) is 11.4. The van der Waals surface area contributed by atoms with E-state index in [9.17, 15) is 0 Å². The van der Waals surface area contributed by atoms with Crippen molar-refractivity contribution in [1.29, 1.82) is 0 Å². The van der Waals surface area contributed by atoms with Gasteiger partial charge in [0.15, 0.2) is 0 Å². The Bertz CT molecular complexity index is 1670. The van der Waals surface area contributed by atoms with Crippen LogP contribution in [0.1, 0.15) is 47.2 Å². The summed E-state index contributed by atoms with van der Waals surface area (Å²) in [4.78, 5) is 0. The minimum absolute atomic E-state index is 0. The van der Waals surface area contributed by atoms with Crippen LogP contribution in [0.15, 0.2) is 115 Å². The third-order valence-electron chi connectivity index (χ3n) is 9.84. The molecule has 0 aliphatic heterocycles. The zero-order chi connectivity index (χ0) is 34.9. The molecule has 2 unspecified atom stereocenters. The number of aryl methyl sites for hydroxylation is 1. The van der Waals surface area contributed by atoms with Gasteiger partial charge in [-0.15, -0.1) is 11.1 Å². The molecule has 0 amide bonds. The van der Waals surface area contributed by atoms with Crippen molar-refractivity contribution in [2.75, 3.05) is 0 Å². The summed E-state index contributed by atoms with van der Waals surface area (Å²) in [5.41, 5.74) is 12.4. The van der Waals surface area contributed by atoms with Crippen LogP contribution in [-0.4, -0.2) is 19.4 Å². The maximum Gasteiger partial charge on any atom is -0.172 e. The van der Waals surface area contributed by atoms with E-state index < -0.39 is 16.1 Å². The molecule has 0 saturated carbocycles. The van der Waals surface area contributed by atoms with Gasteiger partial charge in [-0.25, -0.2) is 12.1 Å². The van der Waals surface area contributed by atoms with Gasteiger partial charge in [0.1, 0.15) is 0 Å². The normalized spacial score (nSPS) is 12.7. The van der Waals surface area contributed by atoms with Crippen LogP contribution < -0.4 is 30.0 Å². The van der Waals surface area contributed by atoms with Crippen LogP contribution in [0.5, 0.6) is 0 Å². The monoisotopic (exact) mass is 812 g/mol. The summed E-state index contributed by atoms with van der Waals surface area (Å²) in [7, 11) is -2.40. The molecule has 6 rings (SSSR count). The summed E-state index contributed by atoms with van der Waals surface area (Å²) < 4.78 is 1.60. The molecular weight excluding hydrogens is 759 g/mol. The molecule has 0 spiro atoms. The summed E-state index contributed by atoms with van der Waals surface area (Å²) in [5, 5.41) is 1.61. The van der Waals surface area contributed by atoms with Gasteiger partial charge < -0.3 is 24.8 Å². The Morgan fingerprint density at radius 1 is 0.740 bits per heavy atom. The van der Waals surface area contributed by atoms with Gasteiger partial charge in [-0.3, -0.25) is 0 Å². The van der Waals surface area contributed by atoms with E-state index in [0.29, 0.717) is 0 Å². The predicted octanol–water partition coefficient (Wildman–Crippen LogP) is 5.42. The first-order valence-electron chi connectivity index (χ1n) is 17.7. The topological polar surface area (TPSA) is 0 Å². The molecule has 0 radical (unpaired) electrons. The number of rotatable bonds is 9. The first kappa shape index (κ1) is 44.2. The van der Waals surface area contributed by atoms with Crippen molar-refractivity contribution in [3.05, 3.63) is 155 Å². The number of hydrogen-bond acceptors (Lipinski definition) is 0. The van der Waals surface area contributed by atoms with Gasteiger partial charge in [-0.05, 0) is 36.8 Å². The van der Waals surface area contributed by atoms with Crippen molar-refractivity contribution in [2.45, 2.75) is 91.3 Å². The van der Waals surface area contributed by atoms with Crippen molar-refractivity contribution in [3.8, 4) is 11.1 Å². The molecule has 50 heavy (non-hydrogen) atoms. The van der Waals surface area contributed by atoms with E-state index in [1.807, 2.05) is 30.3 Å². The molecule has 0 nitrogen and oxygen atoms in total. The second-order valence-electron chi connectivity index (χ2n) is 15.9. The van der Waals surface area contributed by atoms with Gasteiger partial charge in [0.2, 0.25) is 0 Å². The second-order valence-corrected chi connectivity index (χ2v) is 28.3. The van der Waals surface area contributed by atoms with Crippen molar-refractivity contribution in [1.82, 2.24) is 0 Å². The molecule has 1 aliphatic rings. The largest absolute Gasteiger partial charge is 0.214 e. The quantitative estimate of drug-likeness (QED) is 0.135. The zero-order valence-electron chi connectivity index (χ0n) is 31.7. The molecule has 0 N–H and O–H groups in total. The van der Waals surface area contributed by atoms with E-state index in [4.69, 9.17) is 0 Å². The van der Waals surface area contributed by atoms with E-state index in [1.165, 1.54) is 44.5 Å². The van der Waals surface area contributed by atoms with Crippen LogP contribution in [0.3, 0.4) is 0 Å². The molecule has 1 aliphatic carbocycles. The summed E-state index contributed by atoms with van der Waals surface area (Å²) in [6, 6.07) is 44.9. The van der Waals surface area contributed by atoms with E-state index in [-0.39, 0.29) is 24.8 Å². The fourth-order valence-electron chi connectivity index (χ4n) is 6.71. The van der Waals surface area contributed by atoms with Crippen LogP contribution in [-0.2, 0) is 49.9 Å². The van der Waals surface area contributed by atoms with Crippen LogP contribution in [0.25, 0.3) is 11.1 Å². The van der Waals surface area contributed by atoms with Crippen molar-refractivity contribution < 1.29 is 49.0 Å². The minimum Gasteiger partial charge on any atom is -0.214 e. The van der Waals surface area contributed by atoms with Gasteiger partial charge in [-0.2, -0.15) is 42.0 Å². The Kier molecular flexibility index (Phi) is 17.9. The number of fused-ring (bicyclic) bond motifs is 3. The van der Waals surface area contributed by atoms with Crippen LogP contribution in [0, 0.1) is 18.9 Å². The van der Waals surface area contributed by atoms with E-state index in [2.05, 4.69) is 151 Å². The van der Waals surface area contributed by atoms with Gasteiger partial charge in [-0.1, -0.05) is 81.6 Å². The van der Waals surface area contributed by atoms with E-state index in [1.54, 1.807) is 32.6 Å². The molecule has 0 bridgehead atoms. The summed E-state index contributed by atoms with van der Waals surface area (Å²) in [6.45, 7) is 22.0. The molecule has 264 valence electrons. The van der Waals surface area contributed by atoms with Gasteiger partial charge in [0.05, 0.1) is 8.07 Å². The average molecular weight is 815 g/mol. The maximum absolute atomic E-state index is 3.81. The third-order valence-corrected chi connectivity index (χ3v) is 16.2. The van der Waals surface area contributed by atoms with Crippen molar-refractivity contribution in [3.63, 3.8) is 0 Å². The second kappa shape index (κ2) is 20.3. The van der Waals surface area contributed by atoms with Crippen molar-refractivity contribution in [2.24, 2.45) is 5.92 Å². The number of halogens is 2. The van der Waals surface area contributed by atoms with Gasteiger partial charge >= 0.3 is 112 Å². The van der Waals surface area contributed by atoms with Crippen molar-refractivity contribution >= 4 is 24.5 Å². The zero-order valence-corrected chi connectivity index (χ0v) is 37.7. The molecule has 5 aromatic rings. The molecule has 0 heterocycles. The van der Waals surface area contributed by atoms with Crippen LogP contribution >= 0.6 is 0 Å². The smallest absolute Gasteiger partial charge is 0.172 e. The Hall–Kier alpha value is -2.00. The predicted molar refractivity (Wildman–Crippen MR) is 214 cm³/mol. The third kappa shape index (κ3) is 13.2. The number of benzene rings is 4. The molecule has 2 atom stereocenters. The first-order chi connectivity index (χ1) is 22.7. The summed E-state index contributed by atoms with van der Waals surface area (Å²) in [5.74, 6) is 0.732. The van der Waals surface area contributed by atoms with Crippen LogP contribution in [0.2, 0.25) is 44.8 Å². The van der Waals surface area contributed by atoms with Crippen LogP contribution in [0.4, 0.5) is 0 Å². The minimum atomic E-state index is -1.31. The number of hydrogen-bond donors (Lipinski definition) is 0. The van der Waals surface area contributed by atoms with Gasteiger partial charge in [0.25, 0.3) is 0 Å². The first-order valence-corrected chi connectivity index (χ1v) is 26.0. The summed E-state index contributed by atoms with van der Waals surface area (Å²) >= 11 is 1.55. The molecule has 0 fully saturated rings. The Morgan fingerprint density at radius 3 is 1.74 bits per heavy atom. The maximum atomic E-state index is 3.81. The Balaban J connectivity index is 0.000000318. The van der Waals surface area contributed by atoms with Gasteiger partial charge in [0, 0.05) is 8.07 Å².